The maximum absolute atomic E-state index is 11.3. The van der Waals surface area contributed by atoms with Crippen molar-refractivity contribution in [1.29, 1.82) is 0 Å². The molecule has 0 aliphatic carbocycles. The highest BCUT2D eigenvalue weighted by atomic mass is 16.6. The first-order valence-corrected chi connectivity index (χ1v) is 6.83. The molecule has 8 heteroatoms. The highest BCUT2D eigenvalue weighted by Crippen LogP contribution is 2.36. The molecule has 1 saturated heterocycles. The standard InChI is InChI=1S/C14H17N3O5/c1-3-5-9-6-4-7-16(9)11-8-10(22-2)13(17(20)21)12(15-11)14(18)19/h3,8-9H,1,4-7H2,2H3,(H,18,19)/t9-/m1/s1. The van der Waals surface area contributed by atoms with Crippen molar-refractivity contribution in [1.82, 2.24) is 4.98 Å². The summed E-state index contributed by atoms with van der Waals surface area (Å²) in [6, 6.07) is 1.59. The lowest BCUT2D eigenvalue weighted by atomic mass is 10.1. The van der Waals surface area contributed by atoms with E-state index < -0.39 is 22.3 Å². The van der Waals surface area contributed by atoms with Gasteiger partial charge in [-0.3, -0.25) is 10.1 Å². The molecule has 1 aromatic heterocycles. The summed E-state index contributed by atoms with van der Waals surface area (Å²) in [7, 11) is 1.27. The number of rotatable bonds is 6. The molecule has 1 N–H and O–H groups in total. The third-order valence-corrected chi connectivity index (χ3v) is 3.66. The van der Waals surface area contributed by atoms with Gasteiger partial charge in [0.15, 0.2) is 0 Å². The number of hydrogen-bond donors (Lipinski definition) is 1. The predicted octanol–water partition coefficient (Wildman–Crippen LogP) is 2.24. The number of pyridine rings is 1. The summed E-state index contributed by atoms with van der Waals surface area (Å²) in [4.78, 5) is 27.6. The normalized spacial score (nSPS) is 17.3. The van der Waals surface area contributed by atoms with Crippen LogP contribution in [0.1, 0.15) is 29.8 Å². The molecule has 0 bridgehead atoms. The third kappa shape index (κ3) is 2.85. The number of aromatic nitrogens is 1. The average Bonchev–Trinajstić information content (AvgIpc) is 2.94. The monoisotopic (exact) mass is 307 g/mol. The van der Waals surface area contributed by atoms with Crippen LogP contribution in [0.25, 0.3) is 0 Å². The molecule has 0 radical (unpaired) electrons. The van der Waals surface area contributed by atoms with Crippen molar-refractivity contribution in [3.05, 3.63) is 34.5 Å². The molecule has 1 atom stereocenters. The molecule has 1 fully saturated rings. The second kappa shape index (κ2) is 6.42. The number of ether oxygens (including phenoxy) is 1. The molecule has 0 spiro atoms. The highest BCUT2D eigenvalue weighted by Gasteiger charge is 2.32. The maximum Gasteiger partial charge on any atom is 0.361 e. The fraction of sp³-hybridized carbons (Fsp3) is 0.429. The fourth-order valence-corrected chi connectivity index (χ4v) is 2.71. The molecule has 2 heterocycles. The van der Waals surface area contributed by atoms with Crippen LogP contribution < -0.4 is 9.64 Å². The van der Waals surface area contributed by atoms with Gasteiger partial charge < -0.3 is 14.7 Å². The lowest BCUT2D eigenvalue weighted by molar-refractivity contribution is -0.386. The van der Waals surface area contributed by atoms with Gasteiger partial charge in [-0.25, -0.2) is 9.78 Å². The van der Waals surface area contributed by atoms with Gasteiger partial charge in [-0.05, 0) is 19.3 Å². The maximum atomic E-state index is 11.3. The lowest BCUT2D eigenvalue weighted by Crippen LogP contribution is -2.30. The zero-order valence-corrected chi connectivity index (χ0v) is 12.2. The van der Waals surface area contributed by atoms with Crippen LogP contribution in [0.3, 0.4) is 0 Å². The minimum Gasteiger partial charge on any atom is -0.490 e. The molecular weight excluding hydrogens is 290 g/mol. The Morgan fingerprint density at radius 3 is 3.00 bits per heavy atom. The topological polar surface area (TPSA) is 106 Å². The molecule has 1 aromatic rings. The largest absolute Gasteiger partial charge is 0.490 e. The molecule has 0 unspecified atom stereocenters. The van der Waals surface area contributed by atoms with Crippen molar-refractivity contribution in [2.45, 2.75) is 25.3 Å². The second-order valence-electron chi connectivity index (χ2n) is 4.96. The second-order valence-corrected chi connectivity index (χ2v) is 4.96. The SMILES string of the molecule is C=CC[C@@H]1CCCN1c1cc(OC)c([N+](=O)[O-])c(C(=O)O)n1. The summed E-state index contributed by atoms with van der Waals surface area (Å²) < 4.78 is 5.00. The average molecular weight is 307 g/mol. The number of carbonyl (C=O) groups is 1. The molecule has 118 valence electrons. The zero-order chi connectivity index (χ0) is 16.3. The van der Waals surface area contributed by atoms with Crippen LogP contribution in [-0.2, 0) is 0 Å². The van der Waals surface area contributed by atoms with Crippen molar-refractivity contribution in [3.8, 4) is 5.75 Å². The van der Waals surface area contributed by atoms with Gasteiger partial charge in [0.2, 0.25) is 11.4 Å². The van der Waals surface area contributed by atoms with Gasteiger partial charge in [0.1, 0.15) is 5.82 Å². The first-order valence-electron chi connectivity index (χ1n) is 6.83. The summed E-state index contributed by atoms with van der Waals surface area (Å²) in [6.45, 7) is 4.43. The van der Waals surface area contributed by atoms with Crippen LogP contribution in [0.2, 0.25) is 0 Å². The van der Waals surface area contributed by atoms with Gasteiger partial charge >= 0.3 is 11.7 Å². The van der Waals surface area contributed by atoms with Crippen LogP contribution in [0, 0.1) is 10.1 Å². The van der Waals surface area contributed by atoms with E-state index in [-0.39, 0.29) is 11.8 Å². The number of methoxy groups -OCH3 is 1. The van der Waals surface area contributed by atoms with E-state index >= 15 is 0 Å². The van der Waals surface area contributed by atoms with E-state index in [2.05, 4.69) is 11.6 Å². The van der Waals surface area contributed by atoms with Crippen LogP contribution in [0.15, 0.2) is 18.7 Å². The van der Waals surface area contributed by atoms with Crippen LogP contribution in [0.4, 0.5) is 11.5 Å². The number of aromatic carboxylic acids is 1. The van der Waals surface area contributed by atoms with E-state index in [9.17, 15) is 20.0 Å². The Kier molecular flexibility index (Phi) is 4.59. The summed E-state index contributed by atoms with van der Waals surface area (Å²) >= 11 is 0. The minimum absolute atomic E-state index is 0.100. The Morgan fingerprint density at radius 1 is 1.73 bits per heavy atom. The Balaban J connectivity index is 2.53. The van der Waals surface area contributed by atoms with E-state index in [1.54, 1.807) is 6.08 Å². The van der Waals surface area contributed by atoms with Crippen LogP contribution in [-0.4, -0.2) is 40.7 Å². The van der Waals surface area contributed by atoms with E-state index in [1.807, 2.05) is 4.90 Å². The molecule has 1 aliphatic rings. The molecule has 22 heavy (non-hydrogen) atoms. The van der Waals surface area contributed by atoms with Gasteiger partial charge in [0.25, 0.3) is 0 Å². The van der Waals surface area contributed by atoms with Crippen molar-refractivity contribution >= 4 is 17.5 Å². The van der Waals surface area contributed by atoms with Gasteiger partial charge in [0, 0.05) is 18.7 Å². The van der Waals surface area contributed by atoms with E-state index in [0.29, 0.717) is 12.4 Å². The lowest BCUT2D eigenvalue weighted by Gasteiger charge is -2.25. The summed E-state index contributed by atoms with van der Waals surface area (Å²) in [5.41, 5.74) is -1.23. The van der Waals surface area contributed by atoms with Gasteiger partial charge in [-0.15, -0.1) is 6.58 Å². The fourth-order valence-electron chi connectivity index (χ4n) is 2.71. The highest BCUT2D eigenvalue weighted by molar-refractivity contribution is 5.92. The Morgan fingerprint density at radius 2 is 2.45 bits per heavy atom. The molecule has 1 aliphatic heterocycles. The van der Waals surface area contributed by atoms with Crippen LogP contribution >= 0.6 is 0 Å². The number of carboxylic acids is 1. The zero-order valence-electron chi connectivity index (χ0n) is 12.2. The molecule has 0 amide bonds. The Hall–Kier alpha value is -2.64. The molecule has 0 saturated carbocycles. The van der Waals surface area contributed by atoms with Gasteiger partial charge in [-0.2, -0.15) is 0 Å². The Bertz CT molecular complexity index is 617. The summed E-state index contributed by atoms with van der Waals surface area (Å²) in [5, 5.41) is 20.3. The van der Waals surface area contributed by atoms with Gasteiger partial charge in [0.05, 0.1) is 12.0 Å². The number of nitro groups is 1. The Labute approximate surface area is 127 Å². The molecular formula is C14H17N3O5. The van der Waals surface area contributed by atoms with E-state index in [0.717, 1.165) is 19.3 Å². The first kappa shape index (κ1) is 15.7. The number of carboxylic acid groups (broad SMARTS) is 1. The van der Waals surface area contributed by atoms with Crippen molar-refractivity contribution in [3.63, 3.8) is 0 Å². The third-order valence-electron chi connectivity index (χ3n) is 3.66. The number of nitrogens with zero attached hydrogens (tertiary/aromatic N) is 3. The smallest absolute Gasteiger partial charge is 0.361 e. The molecule has 8 nitrogen and oxygen atoms in total. The van der Waals surface area contributed by atoms with E-state index in [4.69, 9.17) is 4.74 Å². The van der Waals surface area contributed by atoms with Crippen molar-refractivity contribution in [2.24, 2.45) is 0 Å². The first-order chi connectivity index (χ1) is 10.5. The summed E-state index contributed by atoms with van der Waals surface area (Å²) in [5.74, 6) is -1.17. The summed E-state index contributed by atoms with van der Waals surface area (Å²) in [6.07, 6.45) is 4.42. The molecule has 2 rings (SSSR count). The van der Waals surface area contributed by atoms with Gasteiger partial charge in [-0.1, -0.05) is 6.08 Å². The number of hydrogen-bond acceptors (Lipinski definition) is 6. The quantitative estimate of drug-likeness (QED) is 0.488. The minimum atomic E-state index is -1.45. The van der Waals surface area contributed by atoms with Crippen molar-refractivity contribution < 1.29 is 19.6 Å². The van der Waals surface area contributed by atoms with E-state index in [1.165, 1.54) is 13.2 Å². The molecule has 0 aromatic carbocycles. The number of anilines is 1. The van der Waals surface area contributed by atoms with Crippen LogP contribution in [0.5, 0.6) is 5.75 Å². The predicted molar refractivity (Wildman–Crippen MR) is 79.6 cm³/mol. The van der Waals surface area contributed by atoms with Crippen molar-refractivity contribution in [2.75, 3.05) is 18.6 Å².